The highest BCUT2D eigenvalue weighted by Crippen LogP contribution is 2.21. The van der Waals surface area contributed by atoms with Gasteiger partial charge >= 0.3 is 0 Å². The minimum atomic E-state index is -0.346. The van der Waals surface area contributed by atoms with Gasteiger partial charge in [0.1, 0.15) is 11.6 Å². The molecular weight excluding hydrogens is 244 g/mol. The average Bonchev–Trinajstić information content (AvgIpc) is 2.39. The summed E-state index contributed by atoms with van der Waals surface area (Å²) < 4.78 is 27.2. The number of benzene rings is 2. The second-order valence-electron chi connectivity index (χ2n) is 4.39. The first kappa shape index (κ1) is 13.4. The van der Waals surface area contributed by atoms with Crippen LogP contribution < -0.4 is 0 Å². The van der Waals surface area contributed by atoms with Crippen LogP contribution in [0.4, 0.5) is 8.78 Å². The van der Waals surface area contributed by atoms with Gasteiger partial charge in [-0.2, -0.15) is 0 Å². The zero-order chi connectivity index (χ0) is 13.8. The van der Waals surface area contributed by atoms with Crippen LogP contribution in [0.5, 0.6) is 0 Å². The van der Waals surface area contributed by atoms with Gasteiger partial charge in [0, 0.05) is 16.8 Å². The SMILES string of the molecule is CC(=NC(C)c1ccccc1F)c1ccccc1F. The predicted octanol–water partition coefficient (Wildman–Crippen LogP) is 4.54. The van der Waals surface area contributed by atoms with Crippen molar-refractivity contribution in [3.8, 4) is 0 Å². The van der Waals surface area contributed by atoms with Gasteiger partial charge in [0.05, 0.1) is 6.04 Å². The van der Waals surface area contributed by atoms with Gasteiger partial charge in [-0.25, -0.2) is 8.78 Å². The van der Waals surface area contributed by atoms with E-state index in [0.29, 0.717) is 16.8 Å². The molecule has 2 aromatic rings. The molecule has 19 heavy (non-hydrogen) atoms. The van der Waals surface area contributed by atoms with E-state index in [9.17, 15) is 8.78 Å². The summed E-state index contributed by atoms with van der Waals surface area (Å²) in [4.78, 5) is 4.38. The molecule has 0 aliphatic heterocycles. The standard InChI is InChI=1S/C16H15F2N/c1-11(13-7-3-5-9-15(13)17)19-12(2)14-8-4-6-10-16(14)18/h3-11H,1-2H3. The van der Waals surface area contributed by atoms with Gasteiger partial charge in [0.2, 0.25) is 0 Å². The molecule has 0 bridgehead atoms. The lowest BCUT2D eigenvalue weighted by Crippen LogP contribution is -2.02. The Balaban J connectivity index is 2.31. The predicted molar refractivity (Wildman–Crippen MR) is 73.4 cm³/mol. The maximum atomic E-state index is 13.6. The van der Waals surface area contributed by atoms with E-state index >= 15 is 0 Å². The third-order valence-corrected chi connectivity index (χ3v) is 3.01. The van der Waals surface area contributed by atoms with E-state index in [1.54, 1.807) is 50.2 Å². The van der Waals surface area contributed by atoms with Crippen molar-refractivity contribution in [1.29, 1.82) is 0 Å². The van der Waals surface area contributed by atoms with Gasteiger partial charge in [-0.1, -0.05) is 36.4 Å². The zero-order valence-corrected chi connectivity index (χ0v) is 10.9. The largest absolute Gasteiger partial charge is 0.281 e. The van der Waals surface area contributed by atoms with E-state index in [0.717, 1.165) is 0 Å². The van der Waals surface area contributed by atoms with Gasteiger partial charge in [-0.3, -0.25) is 4.99 Å². The molecular formula is C16H15F2N. The van der Waals surface area contributed by atoms with Crippen molar-refractivity contribution in [3.63, 3.8) is 0 Å². The molecule has 0 heterocycles. The maximum Gasteiger partial charge on any atom is 0.132 e. The highest BCUT2D eigenvalue weighted by Gasteiger charge is 2.11. The summed E-state index contributed by atoms with van der Waals surface area (Å²) in [7, 11) is 0. The van der Waals surface area contributed by atoms with Crippen LogP contribution in [0.3, 0.4) is 0 Å². The number of aliphatic imine (C=N–C) groups is 1. The summed E-state index contributed by atoms with van der Waals surface area (Å²) in [6.07, 6.45) is 0. The Kier molecular flexibility index (Phi) is 4.05. The van der Waals surface area contributed by atoms with Crippen LogP contribution in [-0.2, 0) is 0 Å². The highest BCUT2D eigenvalue weighted by atomic mass is 19.1. The van der Waals surface area contributed by atoms with Crippen molar-refractivity contribution in [2.75, 3.05) is 0 Å². The third-order valence-electron chi connectivity index (χ3n) is 3.01. The Morgan fingerprint density at radius 3 is 2.16 bits per heavy atom. The number of nitrogens with zero attached hydrogens (tertiary/aromatic N) is 1. The first-order chi connectivity index (χ1) is 9.09. The van der Waals surface area contributed by atoms with Crippen molar-refractivity contribution >= 4 is 5.71 Å². The molecule has 2 aromatic carbocycles. The number of hydrogen-bond acceptors (Lipinski definition) is 1. The van der Waals surface area contributed by atoms with Gasteiger partial charge in [-0.05, 0) is 26.0 Å². The van der Waals surface area contributed by atoms with E-state index in [2.05, 4.69) is 4.99 Å². The number of halogens is 2. The molecule has 0 N–H and O–H groups in total. The Bertz CT molecular complexity index is 605. The molecule has 98 valence electrons. The molecule has 0 fully saturated rings. The molecule has 0 saturated carbocycles. The second kappa shape index (κ2) is 5.74. The third kappa shape index (κ3) is 3.05. The molecule has 1 unspecified atom stereocenters. The monoisotopic (exact) mass is 259 g/mol. The first-order valence-electron chi connectivity index (χ1n) is 6.13. The topological polar surface area (TPSA) is 12.4 Å². The molecule has 0 aromatic heterocycles. The smallest absolute Gasteiger partial charge is 0.132 e. The van der Waals surface area contributed by atoms with Gasteiger partial charge in [-0.15, -0.1) is 0 Å². The van der Waals surface area contributed by atoms with Crippen molar-refractivity contribution in [1.82, 2.24) is 0 Å². The lowest BCUT2D eigenvalue weighted by Gasteiger charge is -2.10. The Labute approximate surface area is 111 Å². The van der Waals surface area contributed by atoms with Crippen LogP contribution in [0.2, 0.25) is 0 Å². The minimum Gasteiger partial charge on any atom is -0.281 e. The quantitative estimate of drug-likeness (QED) is 0.718. The van der Waals surface area contributed by atoms with Crippen LogP contribution in [0, 0.1) is 11.6 Å². The van der Waals surface area contributed by atoms with Crippen molar-refractivity contribution < 1.29 is 8.78 Å². The van der Waals surface area contributed by atoms with Gasteiger partial charge < -0.3 is 0 Å². The lowest BCUT2D eigenvalue weighted by atomic mass is 10.1. The normalized spacial score (nSPS) is 13.4. The van der Waals surface area contributed by atoms with Crippen LogP contribution in [-0.4, -0.2) is 5.71 Å². The maximum absolute atomic E-state index is 13.6. The summed E-state index contributed by atoms with van der Waals surface area (Å²) in [6.45, 7) is 3.53. The highest BCUT2D eigenvalue weighted by molar-refractivity contribution is 5.99. The molecule has 3 heteroatoms. The Morgan fingerprint density at radius 1 is 0.947 bits per heavy atom. The van der Waals surface area contributed by atoms with Gasteiger partial charge in [0.15, 0.2) is 0 Å². The van der Waals surface area contributed by atoms with E-state index in [4.69, 9.17) is 0 Å². The van der Waals surface area contributed by atoms with Crippen LogP contribution in [0.25, 0.3) is 0 Å². The molecule has 0 amide bonds. The number of rotatable bonds is 3. The van der Waals surface area contributed by atoms with E-state index in [1.807, 2.05) is 0 Å². The van der Waals surface area contributed by atoms with E-state index < -0.39 is 0 Å². The van der Waals surface area contributed by atoms with Gasteiger partial charge in [0.25, 0.3) is 0 Å². The Hall–Kier alpha value is -2.03. The zero-order valence-electron chi connectivity index (χ0n) is 10.9. The molecule has 1 nitrogen and oxygen atoms in total. The molecule has 0 spiro atoms. The minimum absolute atomic E-state index is 0.292. The molecule has 0 radical (unpaired) electrons. The second-order valence-corrected chi connectivity index (χ2v) is 4.39. The molecule has 0 aliphatic rings. The van der Waals surface area contributed by atoms with E-state index in [-0.39, 0.29) is 17.7 Å². The van der Waals surface area contributed by atoms with Crippen LogP contribution in [0.1, 0.15) is 31.0 Å². The fourth-order valence-corrected chi connectivity index (χ4v) is 2.00. The summed E-state index contributed by atoms with van der Waals surface area (Å²) in [6, 6.07) is 12.6. The van der Waals surface area contributed by atoms with Crippen LogP contribution in [0.15, 0.2) is 53.5 Å². The fourth-order valence-electron chi connectivity index (χ4n) is 2.00. The summed E-state index contributed by atoms with van der Waals surface area (Å²) >= 11 is 0. The fraction of sp³-hybridized carbons (Fsp3) is 0.188. The van der Waals surface area contributed by atoms with Crippen LogP contribution >= 0.6 is 0 Å². The molecule has 0 aliphatic carbocycles. The van der Waals surface area contributed by atoms with E-state index in [1.165, 1.54) is 12.1 Å². The molecule has 2 rings (SSSR count). The first-order valence-corrected chi connectivity index (χ1v) is 6.13. The Morgan fingerprint density at radius 2 is 1.53 bits per heavy atom. The summed E-state index contributed by atoms with van der Waals surface area (Å²) in [5.41, 5.74) is 1.53. The van der Waals surface area contributed by atoms with Crippen molar-refractivity contribution in [3.05, 3.63) is 71.3 Å². The van der Waals surface area contributed by atoms with Crippen molar-refractivity contribution in [2.24, 2.45) is 4.99 Å². The molecule has 1 atom stereocenters. The summed E-state index contributed by atoms with van der Waals surface area (Å²) in [5, 5.41) is 0. The summed E-state index contributed by atoms with van der Waals surface area (Å²) in [5.74, 6) is -0.607. The average molecular weight is 259 g/mol. The lowest BCUT2D eigenvalue weighted by molar-refractivity contribution is 0.594. The number of hydrogen-bond donors (Lipinski definition) is 0. The van der Waals surface area contributed by atoms with Crippen molar-refractivity contribution in [2.45, 2.75) is 19.9 Å². The molecule has 0 saturated heterocycles.